The number of hydrogen-bond donors (Lipinski definition) is 1. The maximum Gasteiger partial charge on any atom is 0.0172 e. The zero-order chi connectivity index (χ0) is 10.1. The van der Waals surface area contributed by atoms with Gasteiger partial charge < -0.3 is 5.32 Å². The van der Waals surface area contributed by atoms with Gasteiger partial charge in [-0.2, -0.15) is 11.8 Å². The first-order chi connectivity index (χ1) is 6.93. The van der Waals surface area contributed by atoms with Crippen LogP contribution in [0.3, 0.4) is 0 Å². The molecule has 1 aliphatic heterocycles. The summed E-state index contributed by atoms with van der Waals surface area (Å²) in [6, 6.07) is 0. The Kier molecular flexibility index (Phi) is 7.61. The van der Waals surface area contributed by atoms with E-state index in [1.807, 2.05) is 0 Å². The van der Waals surface area contributed by atoms with E-state index in [0.29, 0.717) is 0 Å². The first-order valence-electron chi connectivity index (χ1n) is 6.26. The van der Waals surface area contributed by atoms with Crippen LogP contribution in [0.5, 0.6) is 0 Å². The Morgan fingerprint density at radius 2 is 2.07 bits per heavy atom. The largest absolute Gasteiger partial charge is 0.316 e. The average molecular weight is 215 g/mol. The molecule has 0 aromatic carbocycles. The van der Waals surface area contributed by atoms with Crippen molar-refractivity contribution in [2.24, 2.45) is 0 Å². The molecule has 0 saturated carbocycles. The summed E-state index contributed by atoms with van der Waals surface area (Å²) in [6.45, 7) is 4.76. The fourth-order valence-electron chi connectivity index (χ4n) is 1.92. The van der Waals surface area contributed by atoms with Gasteiger partial charge in [0, 0.05) is 11.8 Å². The summed E-state index contributed by atoms with van der Waals surface area (Å²) < 4.78 is 0. The second-order valence-electron chi connectivity index (χ2n) is 4.25. The number of hydrogen-bond acceptors (Lipinski definition) is 2. The predicted octanol–water partition coefficient (Wildman–Crippen LogP) is 3.44. The molecule has 2 heteroatoms. The molecule has 0 aromatic rings. The van der Waals surface area contributed by atoms with E-state index < -0.39 is 0 Å². The lowest BCUT2D eigenvalue weighted by atomic mass is 10.1. The van der Waals surface area contributed by atoms with Crippen LogP contribution in [0.15, 0.2) is 0 Å². The molecule has 1 nitrogen and oxygen atoms in total. The minimum atomic E-state index is 0.922. The summed E-state index contributed by atoms with van der Waals surface area (Å²) in [6.07, 6.45) is 9.86. The zero-order valence-electron chi connectivity index (χ0n) is 9.56. The Morgan fingerprint density at radius 1 is 1.21 bits per heavy atom. The minimum Gasteiger partial charge on any atom is -0.316 e. The van der Waals surface area contributed by atoms with Crippen molar-refractivity contribution in [3.8, 4) is 0 Å². The molecule has 0 amide bonds. The quantitative estimate of drug-likeness (QED) is 0.623. The van der Waals surface area contributed by atoms with Crippen LogP contribution in [-0.4, -0.2) is 24.1 Å². The highest BCUT2D eigenvalue weighted by Gasteiger charge is 2.13. The van der Waals surface area contributed by atoms with Crippen molar-refractivity contribution < 1.29 is 0 Å². The van der Waals surface area contributed by atoms with E-state index >= 15 is 0 Å². The van der Waals surface area contributed by atoms with Gasteiger partial charge in [-0.05, 0) is 31.6 Å². The standard InChI is InChI=1S/C12H25NS/c1-2-3-4-5-6-9-13-11-12-8-7-10-14-12/h12-13H,2-11H2,1H3. The third kappa shape index (κ3) is 5.92. The first-order valence-corrected chi connectivity index (χ1v) is 7.30. The minimum absolute atomic E-state index is 0.922. The third-order valence-electron chi connectivity index (χ3n) is 2.85. The second-order valence-corrected chi connectivity index (χ2v) is 5.66. The summed E-state index contributed by atoms with van der Waals surface area (Å²) >= 11 is 2.15. The van der Waals surface area contributed by atoms with Crippen molar-refractivity contribution in [2.45, 2.75) is 57.1 Å². The van der Waals surface area contributed by atoms with Crippen LogP contribution >= 0.6 is 11.8 Å². The fourth-order valence-corrected chi connectivity index (χ4v) is 3.16. The molecule has 1 aliphatic rings. The maximum atomic E-state index is 3.58. The van der Waals surface area contributed by atoms with Gasteiger partial charge in [0.25, 0.3) is 0 Å². The lowest BCUT2D eigenvalue weighted by molar-refractivity contribution is 0.574. The van der Waals surface area contributed by atoms with Gasteiger partial charge in [0.2, 0.25) is 0 Å². The lowest BCUT2D eigenvalue weighted by Gasteiger charge is -2.09. The number of thioether (sulfide) groups is 1. The van der Waals surface area contributed by atoms with E-state index in [2.05, 4.69) is 24.0 Å². The van der Waals surface area contributed by atoms with Crippen molar-refractivity contribution in [1.29, 1.82) is 0 Å². The molecule has 1 atom stereocenters. The molecule has 1 N–H and O–H groups in total. The van der Waals surface area contributed by atoms with Crippen LogP contribution in [0.2, 0.25) is 0 Å². The van der Waals surface area contributed by atoms with Crippen molar-refractivity contribution >= 4 is 11.8 Å². The molecule has 1 fully saturated rings. The van der Waals surface area contributed by atoms with Gasteiger partial charge in [-0.15, -0.1) is 0 Å². The summed E-state index contributed by atoms with van der Waals surface area (Å²) in [7, 11) is 0. The van der Waals surface area contributed by atoms with E-state index in [4.69, 9.17) is 0 Å². The Hall–Kier alpha value is 0.310. The van der Waals surface area contributed by atoms with E-state index in [-0.39, 0.29) is 0 Å². The second kappa shape index (κ2) is 8.60. The number of rotatable bonds is 8. The zero-order valence-corrected chi connectivity index (χ0v) is 10.4. The van der Waals surface area contributed by atoms with Gasteiger partial charge in [-0.3, -0.25) is 0 Å². The smallest absolute Gasteiger partial charge is 0.0172 e. The molecule has 0 bridgehead atoms. The Balaban J connectivity index is 1.75. The van der Waals surface area contributed by atoms with Crippen LogP contribution < -0.4 is 5.32 Å². The van der Waals surface area contributed by atoms with Gasteiger partial charge in [0.05, 0.1) is 0 Å². The molecule has 0 aliphatic carbocycles. The Bertz CT molecular complexity index is 121. The topological polar surface area (TPSA) is 12.0 Å². The molecule has 84 valence electrons. The highest BCUT2D eigenvalue weighted by Crippen LogP contribution is 2.25. The number of nitrogens with one attached hydrogen (secondary N) is 1. The Labute approximate surface area is 93.4 Å². The number of unbranched alkanes of at least 4 members (excludes halogenated alkanes) is 4. The normalized spacial score (nSPS) is 21.6. The fraction of sp³-hybridized carbons (Fsp3) is 1.00. The summed E-state index contributed by atoms with van der Waals surface area (Å²) in [4.78, 5) is 0. The van der Waals surface area contributed by atoms with Gasteiger partial charge in [0.1, 0.15) is 0 Å². The molecule has 1 saturated heterocycles. The van der Waals surface area contributed by atoms with Crippen LogP contribution in [0.1, 0.15) is 51.9 Å². The monoisotopic (exact) mass is 215 g/mol. The van der Waals surface area contributed by atoms with E-state index in [1.165, 1.54) is 63.8 Å². The lowest BCUT2D eigenvalue weighted by Crippen LogP contribution is -2.24. The van der Waals surface area contributed by atoms with E-state index in [9.17, 15) is 0 Å². The molecule has 1 unspecified atom stereocenters. The highest BCUT2D eigenvalue weighted by molar-refractivity contribution is 8.00. The molecule has 1 heterocycles. The van der Waals surface area contributed by atoms with E-state index in [0.717, 1.165) is 5.25 Å². The molecule has 0 radical (unpaired) electrons. The van der Waals surface area contributed by atoms with Crippen molar-refractivity contribution in [1.82, 2.24) is 5.32 Å². The van der Waals surface area contributed by atoms with Gasteiger partial charge >= 0.3 is 0 Å². The third-order valence-corrected chi connectivity index (χ3v) is 4.25. The summed E-state index contributed by atoms with van der Waals surface area (Å²) in [5, 5.41) is 4.51. The summed E-state index contributed by atoms with van der Waals surface area (Å²) in [5.41, 5.74) is 0. The SMILES string of the molecule is CCCCCCCNCC1CCCS1. The molecule has 1 rings (SSSR count). The van der Waals surface area contributed by atoms with Crippen molar-refractivity contribution in [2.75, 3.05) is 18.8 Å². The van der Waals surface area contributed by atoms with Gasteiger partial charge in [-0.1, -0.05) is 32.6 Å². The first kappa shape index (κ1) is 12.4. The van der Waals surface area contributed by atoms with Crippen LogP contribution in [-0.2, 0) is 0 Å². The van der Waals surface area contributed by atoms with E-state index in [1.54, 1.807) is 0 Å². The molecular weight excluding hydrogens is 190 g/mol. The van der Waals surface area contributed by atoms with Gasteiger partial charge in [0.15, 0.2) is 0 Å². The predicted molar refractivity (Wildman–Crippen MR) is 67.1 cm³/mol. The van der Waals surface area contributed by atoms with Crippen molar-refractivity contribution in [3.05, 3.63) is 0 Å². The molecular formula is C12H25NS. The average Bonchev–Trinajstić information content (AvgIpc) is 2.69. The van der Waals surface area contributed by atoms with Gasteiger partial charge in [-0.25, -0.2) is 0 Å². The van der Waals surface area contributed by atoms with Crippen LogP contribution in [0.4, 0.5) is 0 Å². The van der Waals surface area contributed by atoms with Crippen LogP contribution in [0.25, 0.3) is 0 Å². The maximum absolute atomic E-state index is 3.58. The highest BCUT2D eigenvalue weighted by atomic mass is 32.2. The van der Waals surface area contributed by atoms with Crippen LogP contribution in [0, 0.1) is 0 Å². The molecule has 0 spiro atoms. The summed E-state index contributed by atoms with van der Waals surface area (Å²) in [5.74, 6) is 1.39. The molecule has 0 aromatic heterocycles. The Morgan fingerprint density at radius 3 is 2.79 bits per heavy atom. The van der Waals surface area contributed by atoms with Crippen molar-refractivity contribution in [3.63, 3.8) is 0 Å². The molecule has 14 heavy (non-hydrogen) atoms.